The molecule has 0 amide bonds. The van der Waals surface area contributed by atoms with E-state index in [0.717, 1.165) is 48.3 Å². The number of hydrogen-bond acceptors (Lipinski definition) is 3. The van der Waals surface area contributed by atoms with Crippen LogP contribution < -0.4 is 5.32 Å². The fourth-order valence-corrected chi connectivity index (χ4v) is 5.54. The first-order valence-corrected chi connectivity index (χ1v) is 8.35. The van der Waals surface area contributed by atoms with E-state index in [0.29, 0.717) is 5.92 Å². The predicted molar refractivity (Wildman–Crippen MR) is 78.7 cm³/mol. The highest BCUT2D eigenvalue weighted by atomic mass is 16.4. The van der Waals surface area contributed by atoms with Gasteiger partial charge in [0.15, 0.2) is 5.89 Å². The molecule has 3 nitrogen and oxygen atoms in total. The van der Waals surface area contributed by atoms with E-state index in [1.165, 1.54) is 37.8 Å². The van der Waals surface area contributed by atoms with Crippen molar-refractivity contribution in [3.8, 4) is 0 Å². The molecule has 4 saturated carbocycles. The van der Waals surface area contributed by atoms with E-state index < -0.39 is 0 Å². The minimum Gasteiger partial charge on any atom is -0.446 e. The van der Waals surface area contributed by atoms with Crippen molar-refractivity contribution in [2.75, 3.05) is 13.6 Å². The summed E-state index contributed by atoms with van der Waals surface area (Å²) in [5.41, 5.74) is 1.33. The average Bonchev–Trinajstić information content (AvgIpc) is 2.76. The van der Waals surface area contributed by atoms with Gasteiger partial charge in [-0.2, -0.15) is 0 Å². The molecule has 1 heterocycles. The van der Waals surface area contributed by atoms with Crippen LogP contribution in [-0.2, 0) is 6.42 Å². The standard InChI is InChI=1S/C17H26N2O/c1-10-19-17(15(20-10)3-4-18-2)16-13-6-11-5-12(8-13)9-14(16)7-11/h11-14,16,18H,3-9H2,1-2H3. The molecule has 0 radical (unpaired) electrons. The van der Waals surface area contributed by atoms with E-state index in [4.69, 9.17) is 9.40 Å². The van der Waals surface area contributed by atoms with Crippen LogP contribution in [0.25, 0.3) is 0 Å². The molecular formula is C17H26N2O. The Bertz CT molecular complexity index is 465. The number of nitrogens with one attached hydrogen (secondary N) is 1. The first-order chi connectivity index (χ1) is 9.74. The number of hydrogen-bond donors (Lipinski definition) is 1. The molecule has 0 aromatic carbocycles. The van der Waals surface area contributed by atoms with Crippen LogP contribution >= 0.6 is 0 Å². The molecule has 4 aliphatic carbocycles. The Kier molecular flexibility index (Phi) is 3.13. The third kappa shape index (κ3) is 2.02. The average molecular weight is 274 g/mol. The van der Waals surface area contributed by atoms with Crippen molar-refractivity contribution in [1.82, 2.24) is 10.3 Å². The molecule has 4 fully saturated rings. The summed E-state index contributed by atoms with van der Waals surface area (Å²) in [6.45, 7) is 2.98. The lowest BCUT2D eigenvalue weighted by Gasteiger charge is -2.54. The number of rotatable bonds is 4. The highest BCUT2D eigenvalue weighted by Crippen LogP contribution is 2.59. The fourth-order valence-electron chi connectivity index (χ4n) is 5.54. The van der Waals surface area contributed by atoms with Gasteiger partial charge in [-0.1, -0.05) is 0 Å². The number of aryl methyl sites for hydroxylation is 1. The normalized spacial score (nSPS) is 38.6. The summed E-state index contributed by atoms with van der Waals surface area (Å²) in [5, 5.41) is 3.23. The number of likely N-dealkylation sites (N-methyl/N-ethyl adjacent to an activating group) is 1. The maximum atomic E-state index is 5.92. The molecule has 5 rings (SSSR count). The fraction of sp³-hybridized carbons (Fsp3) is 0.824. The molecule has 0 atom stereocenters. The summed E-state index contributed by atoms with van der Waals surface area (Å²) in [5.74, 6) is 6.57. The number of oxazole rings is 1. The maximum Gasteiger partial charge on any atom is 0.191 e. The molecule has 0 saturated heterocycles. The third-order valence-corrected chi connectivity index (χ3v) is 5.98. The topological polar surface area (TPSA) is 38.1 Å². The van der Waals surface area contributed by atoms with Crippen molar-refractivity contribution >= 4 is 0 Å². The van der Waals surface area contributed by atoms with Crippen LogP contribution in [0, 0.1) is 30.6 Å². The molecule has 4 bridgehead atoms. The summed E-state index contributed by atoms with van der Waals surface area (Å²) in [6, 6.07) is 0. The first kappa shape index (κ1) is 12.9. The monoisotopic (exact) mass is 274 g/mol. The summed E-state index contributed by atoms with van der Waals surface area (Å²) in [7, 11) is 2.01. The molecule has 1 aromatic heterocycles. The van der Waals surface area contributed by atoms with Gasteiger partial charge in [-0.25, -0.2) is 4.98 Å². The second kappa shape index (κ2) is 4.87. The Labute approximate surface area is 121 Å². The van der Waals surface area contributed by atoms with Gasteiger partial charge < -0.3 is 9.73 Å². The van der Waals surface area contributed by atoms with Crippen molar-refractivity contribution < 1.29 is 4.42 Å². The molecule has 4 aliphatic rings. The molecule has 110 valence electrons. The zero-order valence-corrected chi connectivity index (χ0v) is 12.7. The molecule has 3 heteroatoms. The lowest BCUT2D eigenvalue weighted by molar-refractivity contribution is -0.00456. The maximum absolute atomic E-state index is 5.92. The Balaban J connectivity index is 1.64. The smallest absolute Gasteiger partial charge is 0.191 e. The lowest BCUT2D eigenvalue weighted by atomic mass is 9.51. The van der Waals surface area contributed by atoms with Crippen LogP contribution in [0.3, 0.4) is 0 Å². The van der Waals surface area contributed by atoms with E-state index in [2.05, 4.69) is 5.32 Å². The van der Waals surface area contributed by atoms with E-state index >= 15 is 0 Å². The molecular weight excluding hydrogens is 248 g/mol. The van der Waals surface area contributed by atoms with Gasteiger partial charge in [0.25, 0.3) is 0 Å². The van der Waals surface area contributed by atoms with Gasteiger partial charge in [0.1, 0.15) is 5.76 Å². The summed E-state index contributed by atoms with van der Waals surface area (Å²) >= 11 is 0. The zero-order chi connectivity index (χ0) is 13.7. The quantitative estimate of drug-likeness (QED) is 0.915. The number of nitrogens with zero attached hydrogens (tertiary/aromatic N) is 1. The number of aromatic nitrogens is 1. The van der Waals surface area contributed by atoms with Gasteiger partial charge in [0, 0.05) is 25.8 Å². The second-order valence-corrected chi connectivity index (χ2v) is 7.35. The second-order valence-electron chi connectivity index (χ2n) is 7.35. The molecule has 20 heavy (non-hydrogen) atoms. The van der Waals surface area contributed by atoms with Crippen LogP contribution in [0.1, 0.15) is 55.4 Å². The van der Waals surface area contributed by atoms with Crippen LogP contribution in [0.5, 0.6) is 0 Å². The highest BCUT2D eigenvalue weighted by Gasteiger charge is 2.50. The van der Waals surface area contributed by atoms with Crippen LogP contribution in [0.4, 0.5) is 0 Å². The minimum absolute atomic E-state index is 0.701. The molecule has 1 aromatic rings. The van der Waals surface area contributed by atoms with E-state index in [1.54, 1.807) is 0 Å². The Hall–Kier alpha value is -0.830. The Morgan fingerprint density at radius 1 is 1.10 bits per heavy atom. The molecule has 0 unspecified atom stereocenters. The van der Waals surface area contributed by atoms with Crippen molar-refractivity contribution in [3.05, 3.63) is 17.3 Å². The van der Waals surface area contributed by atoms with Gasteiger partial charge in [-0.15, -0.1) is 0 Å². The summed E-state index contributed by atoms with van der Waals surface area (Å²) < 4.78 is 5.92. The molecule has 0 aliphatic heterocycles. The van der Waals surface area contributed by atoms with Crippen LogP contribution in [0.2, 0.25) is 0 Å². The summed E-state index contributed by atoms with van der Waals surface area (Å²) in [6.07, 6.45) is 8.31. The first-order valence-electron chi connectivity index (χ1n) is 8.35. The Morgan fingerprint density at radius 2 is 1.75 bits per heavy atom. The van der Waals surface area contributed by atoms with Crippen molar-refractivity contribution in [2.24, 2.45) is 23.7 Å². The third-order valence-electron chi connectivity index (χ3n) is 5.98. The van der Waals surface area contributed by atoms with E-state index in [9.17, 15) is 0 Å². The van der Waals surface area contributed by atoms with Gasteiger partial charge in [0.05, 0.1) is 5.69 Å². The largest absolute Gasteiger partial charge is 0.446 e. The SMILES string of the molecule is CNCCc1oc(C)nc1C1C2CC3CC(C2)CC1C3. The lowest BCUT2D eigenvalue weighted by Crippen LogP contribution is -2.44. The molecule has 0 spiro atoms. The van der Waals surface area contributed by atoms with E-state index in [-0.39, 0.29) is 0 Å². The van der Waals surface area contributed by atoms with Gasteiger partial charge in [0.2, 0.25) is 0 Å². The van der Waals surface area contributed by atoms with Crippen molar-refractivity contribution in [1.29, 1.82) is 0 Å². The van der Waals surface area contributed by atoms with Crippen molar-refractivity contribution in [2.45, 2.75) is 51.4 Å². The summed E-state index contributed by atoms with van der Waals surface area (Å²) in [4.78, 5) is 4.82. The Morgan fingerprint density at radius 3 is 2.35 bits per heavy atom. The zero-order valence-electron chi connectivity index (χ0n) is 12.7. The minimum atomic E-state index is 0.701. The van der Waals surface area contributed by atoms with E-state index in [1.807, 2.05) is 14.0 Å². The van der Waals surface area contributed by atoms with Crippen LogP contribution in [-0.4, -0.2) is 18.6 Å². The molecule has 1 N–H and O–H groups in total. The van der Waals surface area contributed by atoms with Gasteiger partial charge in [-0.3, -0.25) is 0 Å². The van der Waals surface area contributed by atoms with Gasteiger partial charge >= 0.3 is 0 Å². The highest BCUT2D eigenvalue weighted by molar-refractivity contribution is 5.21. The van der Waals surface area contributed by atoms with Gasteiger partial charge in [-0.05, 0) is 62.8 Å². The van der Waals surface area contributed by atoms with Crippen LogP contribution in [0.15, 0.2) is 4.42 Å². The predicted octanol–water partition coefficient (Wildman–Crippen LogP) is 3.28. The van der Waals surface area contributed by atoms with Crippen molar-refractivity contribution in [3.63, 3.8) is 0 Å².